The Morgan fingerprint density at radius 3 is 2.15 bits per heavy atom. The lowest BCUT2D eigenvalue weighted by atomic mass is 9.86. The molecule has 0 heterocycles. The first kappa shape index (κ1) is 23.8. The van der Waals surface area contributed by atoms with Gasteiger partial charge in [0.2, 0.25) is 5.91 Å². The number of carboxylic acids is 1. The summed E-state index contributed by atoms with van der Waals surface area (Å²) in [6.07, 6.45) is 1.21. The van der Waals surface area contributed by atoms with E-state index >= 15 is 0 Å². The normalized spacial score (nSPS) is 20.2. The Hall–Kier alpha value is -3.35. The molecule has 2 amide bonds. The van der Waals surface area contributed by atoms with Gasteiger partial charge in [-0.3, -0.25) is 4.79 Å². The van der Waals surface area contributed by atoms with Crippen LogP contribution in [-0.2, 0) is 14.3 Å². The molecular weight excluding hydrogens is 432 g/mol. The van der Waals surface area contributed by atoms with Gasteiger partial charge in [-0.2, -0.15) is 0 Å². The molecule has 2 aliphatic carbocycles. The largest absolute Gasteiger partial charge is 0.480 e. The van der Waals surface area contributed by atoms with Crippen LogP contribution in [0, 0.1) is 11.3 Å². The van der Waals surface area contributed by atoms with Gasteiger partial charge in [-0.05, 0) is 46.9 Å². The van der Waals surface area contributed by atoms with E-state index in [-0.39, 0.29) is 30.4 Å². The van der Waals surface area contributed by atoms with E-state index in [4.69, 9.17) is 4.74 Å². The summed E-state index contributed by atoms with van der Waals surface area (Å²) in [5.74, 6) is -1.67. The number of hydrogen-bond acceptors (Lipinski definition) is 4. The highest BCUT2D eigenvalue weighted by atomic mass is 16.5. The van der Waals surface area contributed by atoms with Crippen LogP contribution in [0.5, 0.6) is 0 Å². The lowest BCUT2D eigenvalue weighted by Crippen LogP contribution is -2.50. The summed E-state index contributed by atoms with van der Waals surface area (Å²) in [5.41, 5.74) is 4.05. The van der Waals surface area contributed by atoms with Gasteiger partial charge in [0.25, 0.3) is 0 Å². The van der Waals surface area contributed by atoms with E-state index in [2.05, 4.69) is 34.9 Å². The van der Waals surface area contributed by atoms with Crippen molar-refractivity contribution in [3.63, 3.8) is 0 Å². The second-order valence-electron chi connectivity index (χ2n) is 10.3. The Bertz CT molecular complexity index is 1040. The van der Waals surface area contributed by atoms with E-state index in [1.165, 1.54) is 11.1 Å². The smallest absolute Gasteiger partial charge is 0.407 e. The molecule has 7 nitrogen and oxygen atoms in total. The molecule has 4 rings (SSSR count). The van der Waals surface area contributed by atoms with Gasteiger partial charge in [0, 0.05) is 17.9 Å². The zero-order chi connectivity index (χ0) is 24.5. The van der Waals surface area contributed by atoms with E-state index in [0.717, 1.165) is 11.1 Å². The molecule has 0 radical (unpaired) electrons. The lowest BCUT2D eigenvalue weighted by Gasteiger charge is -2.28. The maximum atomic E-state index is 12.7. The first-order chi connectivity index (χ1) is 16.1. The molecule has 2 aromatic carbocycles. The standard InChI is InChI=1S/C27H32N2O5/c1-27(2,3)23(25(31)32)29-24(30)16-12-13-17(14-16)28-26(33)34-15-22-20-10-6-4-8-18(20)19-9-5-7-11-21(19)22/h4-11,16-17,22-23H,12-15H2,1-3H3,(H,28,33)(H,29,30)(H,31,32)/t16-,17+,23+/m0/s1. The fourth-order valence-electron chi connectivity index (χ4n) is 5.07. The van der Waals surface area contributed by atoms with Crippen molar-refractivity contribution >= 4 is 18.0 Å². The average molecular weight is 465 g/mol. The van der Waals surface area contributed by atoms with Crippen molar-refractivity contribution in [1.29, 1.82) is 0 Å². The first-order valence-electron chi connectivity index (χ1n) is 11.8. The molecular formula is C27H32N2O5. The molecule has 0 spiro atoms. The molecule has 3 N–H and O–H groups in total. The third kappa shape index (κ3) is 4.93. The van der Waals surface area contributed by atoms with Crippen LogP contribution >= 0.6 is 0 Å². The van der Waals surface area contributed by atoms with Crippen LogP contribution in [0.2, 0.25) is 0 Å². The second kappa shape index (κ2) is 9.49. The fourth-order valence-corrected chi connectivity index (χ4v) is 5.07. The highest BCUT2D eigenvalue weighted by Crippen LogP contribution is 2.44. The molecule has 1 fully saturated rings. The third-order valence-corrected chi connectivity index (χ3v) is 6.87. The van der Waals surface area contributed by atoms with E-state index in [1.807, 2.05) is 24.3 Å². The fraction of sp³-hybridized carbons (Fsp3) is 0.444. The Kier molecular flexibility index (Phi) is 6.64. The van der Waals surface area contributed by atoms with Gasteiger partial charge in [-0.1, -0.05) is 69.3 Å². The van der Waals surface area contributed by atoms with Crippen LogP contribution in [0.1, 0.15) is 57.1 Å². The summed E-state index contributed by atoms with van der Waals surface area (Å²) in [7, 11) is 0. The van der Waals surface area contributed by atoms with Crippen molar-refractivity contribution in [2.24, 2.45) is 11.3 Å². The Labute approximate surface area is 199 Å². The van der Waals surface area contributed by atoms with E-state index in [0.29, 0.717) is 19.3 Å². The third-order valence-electron chi connectivity index (χ3n) is 6.87. The molecule has 34 heavy (non-hydrogen) atoms. The number of carbonyl (C=O) groups excluding carboxylic acids is 2. The highest BCUT2D eigenvalue weighted by Gasteiger charge is 2.37. The Balaban J connectivity index is 1.30. The summed E-state index contributed by atoms with van der Waals surface area (Å²) in [6, 6.07) is 15.2. The number of ether oxygens (including phenoxy) is 1. The number of hydrogen-bond donors (Lipinski definition) is 3. The predicted octanol–water partition coefficient (Wildman–Crippen LogP) is 4.31. The molecule has 0 aromatic heterocycles. The van der Waals surface area contributed by atoms with Gasteiger partial charge >= 0.3 is 12.1 Å². The number of aliphatic carboxylic acids is 1. The summed E-state index contributed by atoms with van der Waals surface area (Å²) in [5, 5.41) is 15.0. The number of fused-ring (bicyclic) bond motifs is 3. The molecule has 1 saturated carbocycles. The minimum Gasteiger partial charge on any atom is -0.480 e. The quantitative estimate of drug-likeness (QED) is 0.591. The van der Waals surface area contributed by atoms with E-state index < -0.39 is 23.5 Å². The summed E-state index contributed by atoms with van der Waals surface area (Å²) in [6.45, 7) is 5.58. The van der Waals surface area contributed by atoms with Gasteiger partial charge < -0.3 is 20.5 Å². The summed E-state index contributed by atoms with van der Waals surface area (Å²) in [4.78, 5) is 36.7. The highest BCUT2D eigenvalue weighted by molar-refractivity contribution is 5.86. The number of rotatable bonds is 6. The number of carboxylic acid groups (broad SMARTS) is 1. The molecule has 3 atom stereocenters. The topological polar surface area (TPSA) is 105 Å². The maximum absolute atomic E-state index is 12.7. The number of nitrogens with one attached hydrogen (secondary N) is 2. The second-order valence-corrected chi connectivity index (χ2v) is 10.3. The summed E-state index contributed by atoms with van der Waals surface area (Å²) < 4.78 is 5.61. The van der Waals surface area contributed by atoms with Crippen molar-refractivity contribution in [1.82, 2.24) is 10.6 Å². The SMILES string of the molecule is CC(C)(C)[C@H](NC(=O)[C@H]1CC[C@@H](NC(=O)OCC2c3ccccc3-c3ccccc32)C1)C(=O)O. The number of benzene rings is 2. The molecule has 0 aliphatic heterocycles. The molecule has 0 saturated heterocycles. The lowest BCUT2D eigenvalue weighted by molar-refractivity contribution is -0.145. The van der Waals surface area contributed by atoms with Crippen molar-refractivity contribution in [2.45, 2.75) is 58.0 Å². The van der Waals surface area contributed by atoms with Crippen LogP contribution < -0.4 is 10.6 Å². The molecule has 0 bridgehead atoms. The molecule has 180 valence electrons. The van der Waals surface area contributed by atoms with Gasteiger partial charge in [0.1, 0.15) is 12.6 Å². The Morgan fingerprint density at radius 2 is 1.59 bits per heavy atom. The molecule has 2 aromatic rings. The Morgan fingerprint density at radius 1 is 1.00 bits per heavy atom. The average Bonchev–Trinajstić information content (AvgIpc) is 3.37. The van der Waals surface area contributed by atoms with Gasteiger partial charge in [-0.25, -0.2) is 9.59 Å². The number of carbonyl (C=O) groups is 3. The summed E-state index contributed by atoms with van der Waals surface area (Å²) >= 11 is 0. The maximum Gasteiger partial charge on any atom is 0.407 e. The zero-order valence-electron chi connectivity index (χ0n) is 19.8. The predicted molar refractivity (Wildman–Crippen MR) is 128 cm³/mol. The van der Waals surface area contributed by atoms with Gasteiger partial charge in [-0.15, -0.1) is 0 Å². The van der Waals surface area contributed by atoms with Crippen LogP contribution in [0.3, 0.4) is 0 Å². The molecule has 0 unspecified atom stereocenters. The van der Waals surface area contributed by atoms with E-state index in [1.54, 1.807) is 20.8 Å². The van der Waals surface area contributed by atoms with Gasteiger partial charge in [0.05, 0.1) is 0 Å². The minimum atomic E-state index is -1.05. The monoisotopic (exact) mass is 464 g/mol. The van der Waals surface area contributed by atoms with Crippen molar-refractivity contribution in [3.8, 4) is 11.1 Å². The zero-order valence-corrected chi connectivity index (χ0v) is 19.8. The van der Waals surface area contributed by atoms with Crippen molar-refractivity contribution < 1.29 is 24.2 Å². The number of alkyl carbamates (subject to hydrolysis) is 1. The van der Waals surface area contributed by atoms with Gasteiger partial charge in [0.15, 0.2) is 0 Å². The molecule has 2 aliphatic rings. The van der Waals surface area contributed by atoms with Crippen molar-refractivity contribution in [3.05, 3.63) is 59.7 Å². The van der Waals surface area contributed by atoms with Crippen LogP contribution in [0.25, 0.3) is 11.1 Å². The molecule has 7 heteroatoms. The first-order valence-corrected chi connectivity index (χ1v) is 11.8. The van der Waals surface area contributed by atoms with Crippen LogP contribution in [-0.4, -0.2) is 41.8 Å². The minimum absolute atomic E-state index is 0.00870. The number of amides is 2. The van der Waals surface area contributed by atoms with Crippen molar-refractivity contribution in [2.75, 3.05) is 6.61 Å². The van der Waals surface area contributed by atoms with Crippen LogP contribution in [0.15, 0.2) is 48.5 Å². The van der Waals surface area contributed by atoms with Crippen LogP contribution in [0.4, 0.5) is 4.79 Å². The van der Waals surface area contributed by atoms with E-state index in [9.17, 15) is 19.5 Å².